The standard InChI is InChI=1S/C20H20ClNO/c1-2-23-18-12-6-10-15-13-8-5-9-14(13)19(22-20(15)18)16-7-3-4-11-17(16)21/h3-8,10-14,19,22H,2,9H2,1H3. The molecule has 0 bridgehead atoms. The Morgan fingerprint density at radius 3 is 2.78 bits per heavy atom. The van der Waals surface area contributed by atoms with Gasteiger partial charge >= 0.3 is 0 Å². The first-order valence-corrected chi connectivity index (χ1v) is 8.60. The largest absolute Gasteiger partial charge is 0.492 e. The van der Waals surface area contributed by atoms with E-state index in [4.69, 9.17) is 16.3 Å². The molecule has 2 nitrogen and oxygen atoms in total. The van der Waals surface area contributed by atoms with Crippen LogP contribution < -0.4 is 10.1 Å². The predicted molar refractivity (Wildman–Crippen MR) is 95.4 cm³/mol. The molecule has 1 N–H and O–H groups in total. The summed E-state index contributed by atoms with van der Waals surface area (Å²) in [5.41, 5.74) is 3.62. The summed E-state index contributed by atoms with van der Waals surface area (Å²) in [6.07, 6.45) is 5.71. The van der Waals surface area contributed by atoms with Crippen molar-refractivity contribution in [2.75, 3.05) is 11.9 Å². The quantitative estimate of drug-likeness (QED) is 0.745. The second-order valence-corrected chi connectivity index (χ2v) is 6.56. The van der Waals surface area contributed by atoms with Crippen molar-refractivity contribution in [3.63, 3.8) is 0 Å². The van der Waals surface area contributed by atoms with Gasteiger partial charge < -0.3 is 10.1 Å². The number of para-hydroxylation sites is 1. The summed E-state index contributed by atoms with van der Waals surface area (Å²) < 4.78 is 5.85. The second kappa shape index (κ2) is 5.93. The van der Waals surface area contributed by atoms with Crippen LogP contribution in [0.3, 0.4) is 0 Å². The molecule has 2 aromatic carbocycles. The van der Waals surface area contributed by atoms with Crippen LogP contribution in [-0.2, 0) is 0 Å². The normalized spacial score (nSPS) is 24.7. The Bertz CT molecular complexity index is 755. The molecule has 3 heteroatoms. The average molecular weight is 326 g/mol. The molecule has 1 aliphatic carbocycles. The smallest absolute Gasteiger partial charge is 0.142 e. The van der Waals surface area contributed by atoms with Gasteiger partial charge in [0, 0.05) is 10.9 Å². The van der Waals surface area contributed by atoms with Gasteiger partial charge in [-0.15, -0.1) is 0 Å². The summed E-state index contributed by atoms with van der Waals surface area (Å²) in [7, 11) is 0. The molecule has 3 atom stereocenters. The topological polar surface area (TPSA) is 21.3 Å². The Kier molecular flexibility index (Phi) is 3.78. The number of nitrogens with one attached hydrogen (secondary N) is 1. The molecule has 2 aromatic rings. The lowest BCUT2D eigenvalue weighted by Gasteiger charge is -2.38. The molecular weight excluding hydrogens is 306 g/mol. The minimum absolute atomic E-state index is 0.206. The van der Waals surface area contributed by atoms with Crippen LogP contribution in [0.15, 0.2) is 54.6 Å². The summed E-state index contributed by atoms with van der Waals surface area (Å²) in [6.45, 7) is 2.69. The molecule has 0 spiro atoms. The fourth-order valence-electron chi connectivity index (χ4n) is 3.90. The summed E-state index contributed by atoms with van der Waals surface area (Å²) in [4.78, 5) is 0. The highest BCUT2D eigenvalue weighted by Gasteiger charge is 2.39. The fraction of sp³-hybridized carbons (Fsp3) is 0.300. The second-order valence-electron chi connectivity index (χ2n) is 6.15. The van der Waals surface area contributed by atoms with Crippen LogP contribution in [0, 0.1) is 5.92 Å². The van der Waals surface area contributed by atoms with Crippen molar-refractivity contribution in [3.8, 4) is 5.75 Å². The third-order valence-electron chi connectivity index (χ3n) is 4.90. The Morgan fingerprint density at radius 1 is 1.13 bits per heavy atom. The lowest BCUT2D eigenvalue weighted by Crippen LogP contribution is -2.29. The molecule has 1 aliphatic heterocycles. The zero-order chi connectivity index (χ0) is 15.8. The van der Waals surface area contributed by atoms with Crippen molar-refractivity contribution in [2.45, 2.75) is 25.3 Å². The fourth-order valence-corrected chi connectivity index (χ4v) is 4.16. The minimum atomic E-state index is 0.206. The molecule has 23 heavy (non-hydrogen) atoms. The molecule has 0 aromatic heterocycles. The molecule has 0 amide bonds. The first-order valence-electron chi connectivity index (χ1n) is 8.23. The number of halogens is 1. The first kappa shape index (κ1) is 14.6. The van der Waals surface area contributed by atoms with E-state index in [-0.39, 0.29) is 6.04 Å². The van der Waals surface area contributed by atoms with E-state index in [1.807, 2.05) is 25.1 Å². The van der Waals surface area contributed by atoms with E-state index >= 15 is 0 Å². The summed E-state index contributed by atoms with van der Waals surface area (Å²) in [5.74, 6) is 1.85. The lowest BCUT2D eigenvalue weighted by molar-refractivity contribution is 0.337. The van der Waals surface area contributed by atoms with E-state index in [0.29, 0.717) is 18.4 Å². The molecule has 118 valence electrons. The maximum absolute atomic E-state index is 6.48. The van der Waals surface area contributed by atoms with E-state index in [9.17, 15) is 0 Å². The Hall–Kier alpha value is -1.93. The highest BCUT2D eigenvalue weighted by atomic mass is 35.5. The highest BCUT2D eigenvalue weighted by Crippen LogP contribution is 2.52. The molecule has 0 saturated heterocycles. The number of hydrogen-bond acceptors (Lipinski definition) is 2. The molecule has 0 saturated carbocycles. The predicted octanol–water partition coefficient (Wildman–Crippen LogP) is 5.57. The number of benzene rings is 2. The van der Waals surface area contributed by atoms with Gasteiger partial charge in [0.15, 0.2) is 0 Å². The van der Waals surface area contributed by atoms with Gasteiger partial charge in [-0.3, -0.25) is 0 Å². The van der Waals surface area contributed by atoms with Crippen LogP contribution >= 0.6 is 11.6 Å². The van der Waals surface area contributed by atoms with Crippen molar-refractivity contribution >= 4 is 17.3 Å². The van der Waals surface area contributed by atoms with Crippen LogP contribution in [0.5, 0.6) is 5.75 Å². The molecule has 3 unspecified atom stereocenters. The van der Waals surface area contributed by atoms with E-state index in [1.54, 1.807) is 0 Å². The number of rotatable bonds is 3. The van der Waals surface area contributed by atoms with E-state index in [0.717, 1.165) is 22.9 Å². The van der Waals surface area contributed by atoms with Crippen molar-refractivity contribution in [1.82, 2.24) is 0 Å². The average Bonchev–Trinajstić information content (AvgIpc) is 3.05. The molecule has 0 radical (unpaired) electrons. The van der Waals surface area contributed by atoms with Crippen LogP contribution in [0.2, 0.25) is 5.02 Å². The van der Waals surface area contributed by atoms with E-state index < -0.39 is 0 Å². The van der Waals surface area contributed by atoms with Gasteiger partial charge in [-0.2, -0.15) is 0 Å². The Balaban J connectivity index is 1.82. The Morgan fingerprint density at radius 2 is 1.96 bits per heavy atom. The maximum Gasteiger partial charge on any atom is 0.142 e. The summed E-state index contributed by atoms with van der Waals surface area (Å²) in [6, 6.07) is 14.7. The van der Waals surface area contributed by atoms with Crippen molar-refractivity contribution in [2.24, 2.45) is 5.92 Å². The monoisotopic (exact) mass is 325 g/mol. The third-order valence-corrected chi connectivity index (χ3v) is 5.24. The zero-order valence-corrected chi connectivity index (χ0v) is 13.9. The van der Waals surface area contributed by atoms with Gasteiger partial charge in [0.1, 0.15) is 5.75 Å². The minimum Gasteiger partial charge on any atom is -0.492 e. The molecular formula is C20H20ClNO. The van der Waals surface area contributed by atoms with Gasteiger partial charge in [0.05, 0.1) is 18.3 Å². The third kappa shape index (κ3) is 2.42. The first-order chi connectivity index (χ1) is 11.3. The van der Waals surface area contributed by atoms with Crippen LogP contribution in [0.4, 0.5) is 5.69 Å². The Labute approximate surface area is 142 Å². The van der Waals surface area contributed by atoms with Gasteiger partial charge in [-0.1, -0.05) is 54.1 Å². The molecule has 2 aliphatic rings. The summed E-state index contributed by atoms with van der Waals surface area (Å²) >= 11 is 6.48. The summed E-state index contributed by atoms with van der Waals surface area (Å²) in [5, 5.41) is 4.56. The van der Waals surface area contributed by atoms with Crippen molar-refractivity contribution in [1.29, 1.82) is 0 Å². The van der Waals surface area contributed by atoms with E-state index in [1.165, 1.54) is 11.1 Å². The van der Waals surface area contributed by atoms with Crippen LogP contribution in [-0.4, -0.2) is 6.61 Å². The SMILES string of the molecule is CCOc1cccc2c1NC(c1ccccc1Cl)C1CC=CC21. The highest BCUT2D eigenvalue weighted by molar-refractivity contribution is 6.31. The van der Waals surface area contributed by atoms with Crippen LogP contribution in [0.1, 0.15) is 36.4 Å². The number of fused-ring (bicyclic) bond motifs is 3. The van der Waals surface area contributed by atoms with Crippen molar-refractivity contribution in [3.05, 3.63) is 70.8 Å². The van der Waals surface area contributed by atoms with Gasteiger partial charge in [-0.25, -0.2) is 0 Å². The molecule has 0 fully saturated rings. The van der Waals surface area contributed by atoms with Crippen LogP contribution in [0.25, 0.3) is 0 Å². The lowest BCUT2D eigenvalue weighted by atomic mass is 9.77. The van der Waals surface area contributed by atoms with Crippen molar-refractivity contribution < 1.29 is 4.74 Å². The van der Waals surface area contributed by atoms with E-state index in [2.05, 4.69) is 41.7 Å². The van der Waals surface area contributed by atoms with Gasteiger partial charge in [0.25, 0.3) is 0 Å². The number of hydrogen-bond donors (Lipinski definition) is 1. The van der Waals surface area contributed by atoms with Gasteiger partial charge in [0.2, 0.25) is 0 Å². The number of allylic oxidation sites excluding steroid dienone is 2. The number of anilines is 1. The zero-order valence-electron chi connectivity index (χ0n) is 13.1. The maximum atomic E-state index is 6.48. The van der Waals surface area contributed by atoms with Gasteiger partial charge in [-0.05, 0) is 42.5 Å². The number of ether oxygens (including phenoxy) is 1. The molecule has 1 heterocycles. The molecule has 4 rings (SSSR count).